The first-order valence-electron chi connectivity index (χ1n) is 8.36. The summed E-state index contributed by atoms with van der Waals surface area (Å²) in [7, 11) is 0. The fraction of sp³-hybridized carbons (Fsp3) is 0.526. The number of ketones is 1. The van der Waals surface area contributed by atoms with E-state index in [1.807, 2.05) is 6.92 Å². The molecule has 0 bridgehead atoms. The average molecular weight is 346 g/mol. The fourth-order valence-corrected chi connectivity index (χ4v) is 4.33. The largest absolute Gasteiger partial charge is 0.458 e. The molecule has 25 heavy (non-hydrogen) atoms. The maximum absolute atomic E-state index is 12.2. The Labute approximate surface area is 146 Å². The molecule has 1 aliphatic heterocycles. The molecular weight excluding hydrogens is 324 g/mol. The number of hydrogen-bond acceptors (Lipinski definition) is 6. The number of ether oxygens (including phenoxy) is 2. The van der Waals surface area contributed by atoms with Crippen LogP contribution in [0, 0.1) is 23.7 Å². The number of aliphatic hydroxyl groups is 1. The molecule has 3 fully saturated rings. The molecule has 0 aromatic heterocycles. The predicted octanol–water partition coefficient (Wildman–Crippen LogP) is 1.35. The summed E-state index contributed by atoms with van der Waals surface area (Å²) >= 11 is 0. The SMILES string of the molecule is C=C(CO)C(=O)OC1CC(=C)C2CC(=O)C(C)C2C2OC(=O)C(=C)C12. The zero-order valence-electron chi connectivity index (χ0n) is 14.2. The number of esters is 2. The van der Waals surface area contributed by atoms with E-state index in [1.54, 1.807) is 0 Å². The highest BCUT2D eigenvalue weighted by Crippen LogP contribution is 2.51. The molecule has 0 amide bonds. The third-order valence-corrected chi connectivity index (χ3v) is 5.74. The van der Waals surface area contributed by atoms with Crippen LogP contribution in [0.3, 0.4) is 0 Å². The summed E-state index contributed by atoms with van der Waals surface area (Å²) < 4.78 is 11.1. The minimum Gasteiger partial charge on any atom is -0.458 e. The highest BCUT2D eigenvalue weighted by atomic mass is 16.6. The van der Waals surface area contributed by atoms with Gasteiger partial charge < -0.3 is 14.6 Å². The molecule has 0 aromatic rings. The van der Waals surface area contributed by atoms with E-state index in [9.17, 15) is 14.4 Å². The zero-order valence-corrected chi connectivity index (χ0v) is 14.2. The molecule has 2 aliphatic carbocycles. The highest BCUT2D eigenvalue weighted by molar-refractivity contribution is 5.92. The van der Waals surface area contributed by atoms with E-state index in [1.165, 1.54) is 0 Å². The van der Waals surface area contributed by atoms with Crippen LogP contribution in [-0.2, 0) is 23.9 Å². The molecule has 2 saturated carbocycles. The minimum absolute atomic E-state index is 0.0639. The monoisotopic (exact) mass is 346 g/mol. The molecule has 6 heteroatoms. The minimum atomic E-state index is -0.720. The van der Waals surface area contributed by atoms with Crippen molar-refractivity contribution in [2.24, 2.45) is 23.7 Å². The Morgan fingerprint density at radius 1 is 1.32 bits per heavy atom. The van der Waals surface area contributed by atoms with Gasteiger partial charge in [-0.1, -0.05) is 32.2 Å². The smallest absolute Gasteiger partial charge is 0.336 e. The number of carbonyl (C=O) groups excluding carboxylic acids is 3. The number of fused-ring (bicyclic) bond motifs is 3. The van der Waals surface area contributed by atoms with Gasteiger partial charge in [-0.25, -0.2) is 9.59 Å². The Morgan fingerprint density at radius 3 is 2.64 bits per heavy atom. The van der Waals surface area contributed by atoms with E-state index in [4.69, 9.17) is 14.6 Å². The number of hydrogen-bond donors (Lipinski definition) is 1. The number of rotatable bonds is 3. The topological polar surface area (TPSA) is 89.9 Å². The van der Waals surface area contributed by atoms with Crippen LogP contribution >= 0.6 is 0 Å². The van der Waals surface area contributed by atoms with Crippen molar-refractivity contribution in [3.05, 3.63) is 36.5 Å². The van der Waals surface area contributed by atoms with Crippen LogP contribution in [0.25, 0.3) is 0 Å². The Balaban J connectivity index is 1.96. The highest BCUT2D eigenvalue weighted by Gasteiger charge is 2.57. The molecular formula is C19H22O6. The summed E-state index contributed by atoms with van der Waals surface area (Å²) in [4.78, 5) is 36.4. The fourth-order valence-electron chi connectivity index (χ4n) is 4.33. The normalized spacial score (nSPS) is 37.2. The molecule has 6 unspecified atom stereocenters. The molecule has 3 aliphatic rings. The molecule has 134 valence electrons. The summed E-state index contributed by atoms with van der Waals surface area (Å²) in [6.45, 7) is 12.7. The van der Waals surface area contributed by atoms with E-state index in [0.717, 1.165) is 5.57 Å². The second kappa shape index (κ2) is 6.26. The van der Waals surface area contributed by atoms with Crippen molar-refractivity contribution >= 4 is 17.7 Å². The third kappa shape index (κ3) is 2.74. The first-order chi connectivity index (χ1) is 11.8. The van der Waals surface area contributed by atoms with Crippen molar-refractivity contribution in [1.82, 2.24) is 0 Å². The number of carbonyl (C=O) groups is 3. The van der Waals surface area contributed by atoms with Crippen LogP contribution in [-0.4, -0.2) is 41.6 Å². The molecule has 0 radical (unpaired) electrons. The number of aliphatic hydroxyl groups excluding tert-OH is 1. The lowest BCUT2D eigenvalue weighted by Crippen LogP contribution is -2.38. The van der Waals surface area contributed by atoms with Crippen molar-refractivity contribution in [3.8, 4) is 0 Å². The summed E-state index contributed by atoms with van der Waals surface area (Å²) in [6, 6.07) is 0. The van der Waals surface area contributed by atoms with Gasteiger partial charge >= 0.3 is 11.9 Å². The predicted molar refractivity (Wildman–Crippen MR) is 88.1 cm³/mol. The lowest BCUT2D eigenvalue weighted by atomic mass is 9.79. The molecule has 1 heterocycles. The molecule has 6 atom stereocenters. The van der Waals surface area contributed by atoms with Crippen molar-refractivity contribution in [1.29, 1.82) is 0 Å². The summed E-state index contributed by atoms with van der Waals surface area (Å²) in [5.41, 5.74) is 0.997. The van der Waals surface area contributed by atoms with E-state index in [2.05, 4.69) is 19.7 Å². The summed E-state index contributed by atoms with van der Waals surface area (Å²) in [5, 5.41) is 9.07. The standard InChI is InChI=1S/C19H22O6/c1-8-5-14(24-18(22)9(2)7-20)16-11(4)19(23)25-17(16)15-10(3)13(21)6-12(8)15/h10,12,14-17,20H,1-2,4-7H2,3H3. The van der Waals surface area contributed by atoms with Crippen LogP contribution in [0.1, 0.15) is 19.8 Å². The van der Waals surface area contributed by atoms with Gasteiger partial charge in [0.2, 0.25) is 0 Å². The first kappa shape index (κ1) is 17.6. The van der Waals surface area contributed by atoms with Crippen molar-refractivity contribution < 1.29 is 29.0 Å². The van der Waals surface area contributed by atoms with Crippen LogP contribution in [0.2, 0.25) is 0 Å². The van der Waals surface area contributed by atoms with E-state index < -0.39 is 36.7 Å². The molecule has 3 rings (SSSR count). The van der Waals surface area contributed by atoms with Crippen molar-refractivity contribution in [2.75, 3.05) is 6.61 Å². The first-order valence-corrected chi connectivity index (χ1v) is 8.36. The quantitative estimate of drug-likeness (QED) is 0.471. The van der Waals surface area contributed by atoms with Gasteiger partial charge in [0.15, 0.2) is 0 Å². The molecule has 0 spiro atoms. The Morgan fingerprint density at radius 2 is 2.00 bits per heavy atom. The van der Waals surface area contributed by atoms with Crippen LogP contribution in [0.5, 0.6) is 0 Å². The number of Topliss-reactive ketones (excluding diaryl/α,β-unsaturated/α-hetero) is 1. The lowest BCUT2D eigenvalue weighted by molar-refractivity contribution is -0.149. The Bertz CT molecular complexity index is 690. The second-order valence-electron chi connectivity index (χ2n) is 7.13. The van der Waals surface area contributed by atoms with Gasteiger partial charge in [-0.2, -0.15) is 0 Å². The average Bonchev–Trinajstić information content (AvgIpc) is 2.99. The zero-order chi connectivity index (χ0) is 18.5. The Hall–Kier alpha value is -2.21. The van der Waals surface area contributed by atoms with Gasteiger partial charge in [0.1, 0.15) is 18.0 Å². The van der Waals surface area contributed by atoms with Gasteiger partial charge in [-0.05, 0) is 5.92 Å². The molecule has 0 aromatic carbocycles. The van der Waals surface area contributed by atoms with Crippen LogP contribution in [0.4, 0.5) is 0 Å². The van der Waals surface area contributed by atoms with Crippen molar-refractivity contribution in [2.45, 2.75) is 32.0 Å². The van der Waals surface area contributed by atoms with E-state index >= 15 is 0 Å². The lowest BCUT2D eigenvalue weighted by Gasteiger charge is -2.29. The Kier molecular flexibility index (Phi) is 4.41. The van der Waals surface area contributed by atoms with Crippen LogP contribution in [0.15, 0.2) is 36.5 Å². The van der Waals surface area contributed by atoms with Gasteiger partial charge in [-0.3, -0.25) is 4.79 Å². The van der Waals surface area contributed by atoms with Gasteiger partial charge in [0.25, 0.3) is 0 Å². The maximum atomic E-state index is 12.2. The van der Waals surface area contributed by atoms with Gasteiger partial charge in [0.05, 0.1) is 18.1 Å². The van der Waals surface area contributed by atoms with E-state index in [0.29, 0.717) is 12.8 Å². The van der Waals surface area contributed by atoms with E-state index in [-0.39, 0.29) is 34.7 Å². The van der Waals surface area contributed by atoms with Gasteiger partial charge in [-0.15, -0.1) is 0 Å². The third-order valence-electron chi connectivity index (χ3n) is 5.74. The van der Waals surface area contributed by atoms with Gasteiger partial charge in [0, 0.05) is 30.3 Å². The molecule has 1 saturated heterocycles. The van der Waals surface area contributed by atoms with Crippen molar-refractivity contribution in [3.63, 3.8) is 0 Å². The maximum Gasteiger partial charge on any atom is 0.336 e. The second-order valence-corrected chi connectivity index (χ2v) is 7.13. The summed E-state index contributed by atoms with van der Waals surface area (Å²) in [5.74, 6) is -2.17. The van der Waals surface area contributed by atoms with Crippen LogP contribution < -0.4 is 0 Å². The summed E-state index contributed by atoms with van der Waals surface area (Å²) in [6.07, 6.45) is -0.560. The molecule has 6 nitrogen and oxygen atoms in total. The molecule has 1 N–H and O–H groups in total.